The fraction of sp³-hybridized carbons (Fsp3) is 0.647. The Morgan fingerprint density at radius 2 is 2.00 bits per heavy atom. The van der Waals surface area contributed by atoms with E-state index in [0.29, 0.717) is 12.6 Å². The zero-order valence-electron chi connectivity index (χ0n) is 12.9. The summed E-state index contributed by atoms with van der Waals surface area (Å²) in [5.41, 5.74) is 2.65. The second kappa shape index (κ2) is 8.40. The molecular weight excluding hydrogens is 248 g/mol. The predicted octanol–water partition coefficient (Wildman–Crippen LogP) is 2.80. The van der Waals surface area contributed by atoms with Crippen LogP contribution in [0.25, 0.3) is 0 Å². The molecule has 1 heterocycles. The quantitative estimate of drug-likeness (QED) is 0.829. The van der Waals surface area contributed by atoms with Gasteiger partial charge in [-0.3, -0.25) is 4.90 Å². The summed E-state index contributed by atoms with van der Waals surface area (Å²) < 4.78 is 5.16. The van der Waals surface area contributed by atoms with Crippen molar-refractivity contribution in [2.45, 2.75) is 45.4 Å². The molecule has 1 atom stereocenters. The van der Waals surface area contributed by atoms with Crippen LogP contribution in [0, 0.1) is 0 Å². The molecular formula is C17H28N2O. The molecule has 0 spiro atoms. The molecule has 1 fully saturated rings. The molecule has 0 saturated carbocycles. The SMILES string of the molecule is CCCN(Cc1ccc(COC)cc1)C1CCCNC1. The first-order chi connectivity index (χ1) is 9.83. The molecule has 0 radical (unpaired) electrons. The largest absolute Gasteiger partial charge is 0.380 e. The van der Waals surface area contributed by atoms with E-state index in [9.17, 15) is 0 Å². The number of piperidine rings is 1. The smallest absolute Gasteiger partial charge is 0.0713 e. The van der Waals surface area contributed by atoms with Crippen molar-refractivity contribution in [1.29, 1.82) is 0 Å². The lowest BCUT2D eigenvalue weighted by molar-refractivity contribution is 0.158. The molecule has 0 aliphatic carbocycles. The topological polar surface area (TPSA) is 24.5 Å². The van der Waals surface area contributed by atoms with E-state index in [1.165, 1.54) is 43.5 Å². The van der Waals surface area contributed by atoms with E-state index in [2.05, 4.69) is 41.4 Å². The molecule has 0 bridgehead atoms. The summed E-state index contributed by atoms with van der Waals surface area (Å²) >= 11 is 0. The Hall–Kier alpha value is -0.900. The van der Waals surface area contributed by atoms with Crippen molar-refractivity contribution in [2.75, 3.05) is 26.7 Å². The van der Waals surface area contributed by atoms with Crippen molar-refractivity contribution in [2.24, 2.45) is 0 Å². The molecule has 1 aromatic rings. The summed E-state index contributed by atoms with van der Waals surface area (Å²) in [6, 6.07) is 9.55. The molecule has 0 aromatic heterocycles. The summed E-state index contributed by atoms with van der Waals surface area (Å²) in [7, 11) is 1.74. The molecule has 1 unspecified atom stereocenters. The van der Waals surface area contributed by atoms with Crippen LogP contribution < -0.4 is 5.32 Å². The lowest BCUT2D eigenvalue weighted by Gasteiger charge is -2.34. The zero-order chi connectivity index (χ0) is 14.2. The number of nitrogens with zero attached hydrogens (tertiary/aromatic N) is 1. The Bertz CT molecular complexity index is 371. The fourth-order valence-electron chi connectivity index (χ4n) is 2.97. The molecule has 1 N–H and O–H groups in total. The Morgan fingerprint density at radius 1 is 1.25 bits per heavy atom. The maximum atomic E-state index is 5.16. The van der Waals surface area contributed by atoms with Crippen LogP contribution in [0.5, 0.6) is 0 Å². The van der Waals surface area contributed by atoms with E-state index in [-0.39, 0.29) is 0 Å². The van der Waals surface area contributed by atoms with Crippen LogP contribution in [-0.4, -0.2) is 37.7 Å². The monoisotopic (exact) mass is 276 g/mol. The highest BCUT2D eigenvalue weighted by Crippen LogP contribution is 2.15. The van der Waals surface area contributed by atoms with Crippen LogP contribution in [0.15, 0.2) is 24.3 Å². The third-order valence-corrected chi connectivity index (χ3v) is 4.02. The second-order valence-electron chi connectivity index (χ2n) is 5.72. The van der Waals surface area contributed by atoms with Crippen molar-refractivity contribution in [1.82, 2.24) is 10.2 Å². The molecule has 1 aromatic carbocycles. The first kappa shape index (κ1) is 15.5. The molecule has 1 aliphatic heterocycles. The van der Waals surface area contributed by atoms with Gasteiger partial charge in [-0.2, -0.15) is 0 Å². The van der Waals surface area contributed by atoms with Gasteiger partial charge < -0.3 is 10.1 Å². The van der Waals surface area contributed by atoms with Crippen LogP contribution in [-0.2, 0) is 17.9 Å². The molecule has 1 saturated heterocycles. The van der Waals surface area contributed by atoms with Gasteiger partial charge in [0, 0.05) is 26.2 Å². The number of hydrogen-bond donors (Lipinski definition) is 1. The maximum Gasteiger partial charge on any atom is 0.0713 e. The van der Waals surface area contributed by atoms with Gasteiger partial charge in [0.25, 0.3) is 0 Å². The number of ether oxygens (including phenoxy) is 1. The first-order valence-electron chi connectivity index (χ1n) is 7.85. The third-order valence-electron chi connectivity index (χ3n) is 4.02. The Labute approximate surface area is 123 Å². The van der Waals surface area contributed by atoms with Gasteiger partial charge in [-0.05, 0) is 43.5 Å². The minimum atomic E-state index is 0.697. The molecule has 2 rings (SSSR count). The van der Waals surface area contributed by atoms with Crippen molar-refractivity contribution in [3.8, 4) is 0 Å². The van der Waals surface area contributed by atoms with E-state index >= 15 is 0 Å². The summed E-state index contributed by atoms with van der Waals surface area (Å²) in [6.45, 7) is 7.54. The summed E-state index contributed by atoms with van der Waals surface area (Å²) in [5, 5.41) is 3.53. The predicted molar refractivity (Wildman–Crippen MR) is 83.7 cm³/mol. The molecule has 3 heteroatoms. The highest BCUT2D eigenvalue weighted by atomic mass is 16.5. The van der Waals surface area contributed by atoms with Crippen molar-refractivity contribution in [3.05, 3.63) is 35.4 Å². The van der Waals surface area contributed by atoms with E-state index in [0.717, 1.165) is 13.1 Å². The van der Waals surface area contributed by atoms with Crippen molar-refractivity contribution >= 4 is 0 Å². The van der Waals surface area contributed by atoms with Gasteiger partial charge in [0.15, 0.2) is 0 Å². The number of benzene rings is 1. The third kappa shape index (κ3) is 4.58. The van der Waals surface area contributed by atoms with Gasteiger partial charge in [-0.15, -0.1) is 0 Å². The zero-order valence-corrected chi connectivity index (χ0v) is 12.9. The second-order valence-corrected chi connectivity index (χ2v) is 5.72. The Balaban J connectivity index is 1.95. The van der Waals surface area contributed by atoms with Gasteiger partial charge in [0.2, 0.25) is 0 Å². The molecule has 0 amide bonds. The minimum Gasteiger partial charge on any atom is -0.380 e. The summed E-state index contributed by atoms with van der Waals surface area (Å²) in [4.78, 5) is 2.64. The first-order valence-corrected chi connectivity index (χ1v) is 7.85. The normalized spacial score (nSPS) is 19.4. The standard InChI is InChI=1S/C17H28N2O/c1-3-11-19(17-5-4-10-18-12-17)13-15-6-8-16(9-7-15)14-20-2/h6-9,17-18H,3-5,10-14H2,1-2H3. The number of hydrogen-bond acceptors (Lipinski definition) is 3. The van der Waals surface area contributed by atoms with E-state index in [1.54, 1.807) is 7.11 Å². The van der Waals surface area contributed by atoms with Crippen LogP contribution in [0.3, 0.4) is 0 Å². The average Bonchev–Trinajstić information content (AvgIpc) is 2.50. The van der Waals surface area contributed by atoms with Gasteiger partial charge in [0.1, 0.15) is 0 Å². The average molecular weight is 276 g/mol. The van der Waals surface area contributed by atoms with Crippen LogP contribution in [0.2, 0.25) is 0 Å². The van der Waals surface area contributed by atoms with Gasteiger partial charge >= 0.3 is 0 Å². The van der Waals surface area contributed by atoms with Crippen molar-refractivity contribution < 1.29 is 4.74 Å². The van der Waals surface area contributed by atoms with E-state index < -0.39 is 0 Å². The van der Waals surface area contributed by atoms with Gasteiger partial charge in [-0.25, -0.2) is 0 Å². The Kier molecular flexibility index (Phi) is 6.51. The van der Waals surface area contributed by atoms with E-state index in [1.807, 2.05) is 0 Å². The highest BCUT2D eigenvalue weighted by molar-refractivity contribution is 5.22. The van der Waals surface area contributed by atoms with Gasteiger partial charge in [0.05, 0.1) is 6.61 Å². The highest BCUT2D eigenvalue weighted by Gasteiger charge is 2.20. The summed E-state index contributed by atoms with van der Waals surface area (Å²) in [5.74, 6) is 0. The number of methoxy groups -OCH3 is 1. The molecule has 3 nitrogen and oxygen atoms in total. The fourth-order valence-corrected chi connectivity index (χ4v) is 2.97. The lowest BCUT2D eigenvalue weighted by atomic mass is 10.0. The van der Waals surface area contributed by atoms with Crippen LogP contribution in [0.1, 0.15) is 37.3 Å². The van der Waals surface area contributed by atoms with E-state index in [4.69, 9.17) is 4.74 Å². The molecule has 112 valence electrons. The lowest BCUT2D eigenvalue weighted by Crippen LogP contribution is -2.45. The molecule has 20 heavy (non-hydrogen) atoms. The maximum absolute atomic E-state index is 5.16. The summed E-state index contributed by atoms with van der Waals surface area (Å²) in [6.07, 6.45) is 3.85. The van der Waals surface area contributed by atoms with Crippen molar-refractivity contribution in [3.63, 3.8) is 0 Å². The molecule has 1 aliphatic rings. The minimum absolute atomic E-state index is 0.697. The Morgan fingerprint density at radius 3 is 2.60 bits per heavy atom. The number of nitrogens with one attached hydrogen (secondary N) is 1. The van der Waals surface area contributed by atoms with Crippen LogP contribution >= 0.6 is 0 Å². The number of rotatable bonds is 7. The van der Waals surface area contributed by atoms with Crippen LogP contribution in [0.4, 0.5) is 0 Å². The van der Waals surface area contributed by atoms with Gasteiger partial charge in [-0.1, -0.05) is 31.2 Å².